The van der Waals surface area contributed by atoms with Crippen molar-refractivity contribution in [2.24, 2.45) is 11.3 Å². The monoisotopic (exact) mass is 254 g/mol. The molecule has 0 radical (unpaired) electrons. The lowest BCUT2D eigenvalue weighted by Gasteiger charge is -2.21. The number of nitrogens with two attached hydrogens (primary N) is 1. The van der Waals surface area contributed by atoms with Crippen LogP contribution in [0.2, 0.25) is 0 Å². The maximum Gasteiger partial charge on any atom is 0.201 e. The number of nitrogen functional groups attached to an aromatic ring is 1. The second-order valence-electron chi connectivity index (χ2n) is 5.86. The van der Waals surface area contributed by atoms with Crippen molar-refractivity contribution in [2.45, 2.75) is 33.2 Å². The Hall–Kier alpha value is -2.02. The second kappa shape index (κ2) is 3.99. The van der Waals surface area contributed by atoms with E-state index in [2.05, 4.69) is 29.5 Å². The fraction of sp³-hybridized carbons (Fsp3) is 0.467. The Bertz CT molecular complexity index is 671. The summed E-state index contributed by atoms with van der Waals surface area (Å²) in [7, 11) is 0. The number of para-hydroxylation sites is 1. The Morgan fingerprint density at radius 3 is 2.79 bits per heavy atom. The highest BCUT2D eigenvalue weighted by atomic mass is 15.2. The number of aromatic nitrogens is 2. The van der Waals surface area contributed by atoms with Gasteiger partial charge >= 0.3 is 0 Å². The van der Waals surface area contributed by atoms with E-state index in [1.165, 1.54) is 12.8 Å². The molecular formula is C15H18N4. The van der Waals surface area contributed by atoms with Gasteiger partial charge in [0.15, 0.2) is 0 Å². The third-order valence-corrected chi connectivity index (χ3v) is 4.52. The maximum absolute atomic E-state index is 9.13. The van der Waals surface area contributed by atoms with Crippen LogP contribution >= 0.6 is 0 Å². The van der Waals surface area contributed by atoms with Crippen LogP contribution in [-0.2, 0) is 6.54 Å². The van der Waals surface area contributed by atoms with Crippen LogP contribution < -0.4 is 5.73 Å². The van der Waals surface area contributed by atoms with Crippen molar-refractivity contribution < 1.29 is 0 Å². The number of anilines is 1. The van der Waals surface area contributed by atoms with E-state index in [-0.39, 0.29) is 0 Å². The van der Waals surface area contributed by atoms with Crippen molar-refractivity contribution in [1.29, 1.82) is 5.26 Å². The van der Waals surface area contributed by atoms with Crippen LogP contribution in [0.15, 0.2) is 18.2 Å². The molecular weight excluding hydrogens is 236 g/mol. The van der Waals surface area contributed by atoms with E-state index in [1.54, 1.807) is 6.07 Å². The van der Waals surface area contributed by atoms with Crippen molar-refractivity contribution >= 4 is 17.0 Å². The Balaban J connectivity index is 2.10. The average Bonchev–Trinajstić information content (AvgIpc) is 3.11. The van der Waals surface area contributed by atoms with Crippen LogP contribution in [0.3, 0.4) is 0 Å². The predicted molar refractivity (Wildman–Crippen MR) is 75.4 cm³/mol. The molecule has 1 aliphatic carbocycles. The molecule has 0 bridgehead atoms. The number of nitriles is 1. The number of hydrogen-bond acceptors (Lipinski definition) is 3. The van der Waals surface area contributed by atoms with E-state index in [0.717, 1.165) is 17.6 Å². The zero-order chi connectivity index (χ0) is 13.6. The smallest absolute Gasteiger partial charge is 0.201 e. The Labute approximate surface area is 112 Å². The Kier molecular flexibility index (Phi) is 2.53. The molecule has 3 rings (SSSR count). The SMILES string of the molecule is CC(C)C1(Cn2c(N)nc3c(C#N)cccc32)CC1. The van der Waals surface area contributed by atoms with Gasteiger partial charge in [-0.15, -0.1) is 0 Å². The highest BCUT2D eigenvalue weighted by molar-refractivity contribution is 5.84. The van der Waals surface area contributed by atoms with E-state index in [9.17, 15) is 0 Å². The topological polar surface area (TPSA) is 67.6 Å². The van der Waals surface area contributed by atoms with Gasteiger partial charge in [-0.3, -0.25) is 0 Å². The molecule has 1 aromatic carbocycles. The highest BCUT2D eigenvalue weighted by Gasteiger charge is 2.46. The zero-order valence-electron chi connectivity index (χ0n) is 11.3. The lowest BCUT2D eigenvalue weighted by molar-refractivity contribution is 0.314. The van der Waals surface area contributed by atoms with E-state index in [0.29, 0.717) is 22.8 Å². The number of benzene rings is 1. The van der Waals surface area contributed by atoms with Gasteiger partial charge in [0.1, 0.15) is 11.6 Å². The van der Waals surface area contributed by atoms with E-state index < -0.39 is 0 Å². The first-order valence-electron chi connectivity index (χ1n) is 6.72. The lowest BCUT2D eigenvalue weighted by atomic mass is 9.92. The summed E-state index contributed by atoms with van der Waals surface area (Å²) >= 11 is 0. The average molecular weight is 254 g/mol. The largest absolute Gasteiger partial charge is 0.369 e. The summed E-state index contributed by atoms with van der Waals surface area (Å²) in [6.45, 7) is 5.44. The molecule has 0 atom stereocenters. The van der Waals surface area contributed by atoms with Crippen molar-refractivity contribution in [3.63, 3.8) is 0 Å². The number of nitrogens with zero attached hydrogens (tertiary/aromatic N) is 3. The summed E-state index contributed by atoms with van der Waals surface area (Å²) in [5.41, 5.74) is 8.71. The molecule has 0 saturated heterocycles. The standard InChI is InChI=1S/C15H18N4/c1-10(2)15(6-7-15)9-19-12-5-3-4-11(8-16)13(12)18-14(19)17/h3-5,10H,6-7,9H2,1-2H3,(H2,17,18). The molecule has 4 heteroatoms. The first-order chi connectivity index (χ1) is 9.07. The van der Waals surface area contributed by atoms with Gasteiger partial charge in [-0.2, -0.15) is 5.26 Å². The van der Waals surface area contributed by atoms with Gasteiger partial charge in [0.25, 0.3) is 0 Å². The molecule has 0 unspecified atom stereocenters. The number of imidazole rings is 1. The molecule has 4 nitrogen and oxygen atoms in total. The van der Waals surface area contributed by atoms with E-state index >= 15 is 0 Å². The van der Waals surface area contributed by atoms with Gasteiger partial charge in [-0.1, -0.05) is 19.9 Å². The molecule has 19 heavy (non-hydrogen) atoms. The normalized spacial score (nSPS) is 16.7. The summed E-state index contributed by atoms with van der Waals surface area (Å²) in [6.07, 6.45) is 2.50. The summed E-state index contributed by atoms with van der Waals surface area (Å²) in [6, 6.07) is 7.86. The highest BCUT2D eigenvalue weighted by Crippen LogP contribution is 2.53. The van der Waals surface area contributed by atoms with Crippen LogP contribution in [0, 0.1) is 22.7 Å². The summed E-state index contributed by atoms with van der Waals surface area (Å²) in [4.78, 5) is 4.37. The molecule has 2 N–H and O–H groups in total. The van der Waals surface area contributed by atoms with Crippen LogP contribution in [0.1, 0.15) is 32.3 Å². The molecule has 0 aliphatic heterocycles. The first-order valence-corrected chi connectivity index (χ1v) is 6.72. The first kappa shape index (κ1) is 12.0. The van der Waals surface area contributed by atoms with Crippen LogP contribution in [0.5, 0.6) is 0 Å². The fourth-order valence-electron chi connectivity index (χ4n) is 2.81. The quantitative estimate of drug-likeness (QED) is 0.915. The molecule has 1 fully saturated rings. The zero-order valence-corrected chi connectivity index (χ0v) is 11.3. The van der Waals surface area contributed by atoms with E-state index in [1.807, 2.05) is 12.1 Å². The molecule has 1 aliphatic rings. The Morgan fingerprint density at radius 1 is 1.47 bits per heavy atom. The fourth-order valence-corrected chi connectivity index (χ4v) is 2.81. The minimum atomic E-state index is 0.365. The molecule has 1 aromatic heterocycles. The predicted octanol–water partition coefficient (Wildman–Crippen LogP) is 2.93. The molecule has 1 saturated carbocycles. The van der Waals surface area contributed by atoms with Crippen molar-refractivity contribution in [2.75, 3.05) is 5.73 Å². The number of hydrogen-bond donors (Lipinski definition) is 1. The summed E-state index contributed by atoms with van der Waals surface area (Å²) in [5, 5.41) is 9.13. The van der Waals surface area contributed by atoms with Crippen LogP contribution in [0.4, 0.5) is 5.95 Å². The van der Waals surface area contributed by atoms with Gasteiger partial charge in [-0.05, 0) is 36.3 Å². The summed E-state index contributed by atoms with van der Waals surface area (Å²) in [5.74, 6) is 1.16. The van der Waals surface area contributed by atoms with Crippen molar-refractivity contribution in [3.05, 3.63) is 23.8 Å². The van der Waals surface area contributed by atoms with Crippen LogP contribution in [-0.4, -0.2) is 9.55 Å². The van der Waals surface area contributed by atoms with Crippen molar-refractivity contribution in [3.8, 4) is 6.07 Å². The molecule has 0 spiro atoms. The van der Waals surface area contributed by atoms with Gasteiger partial charge in [0, 0.05) is 6.54 Å². The number of fused-ring (bicyclic) bond motifs is 1. The summed E-state index contributed by atoms with van der Waals surface area (Å²) < 4.78 is 2.07. The third kappa shape index (κ3) is 1.77. The lowest BCUT2D eigenvalue weighted by Crippen LogP contribution is -2.18. The minimum Gasteiger partial charge on any atom is -0.369 e. The van der Waals surface area contributed by atoms with E-state index in [4.69, 9.17) is 11.0 Å². The Morgan fingerprint density at radius 2 is 2.21 bits per heavy atom. The van der Waals surface area contributed by atoms with Gasteiger partial charge in [-0.25, -0.2) is 4.98 Å². The third-order valence-electron chi connectivity index (χ3n) is 4.52. The van der Waals surface area contributed by atoms with Gasteiger partial charge in [0.05, 0.1) is 11.1 Å². The van der Waals surface area contributed by atoms with Gasteiger partial charge < -0.3 is 10.3 Å². The maximum atomic E-state index is 9.13. The van der Waals surface area contributed by atoms with Crippen LogP contribution in [0.25, 0.3) is 11.0 Å². The molecule has 2 aromatic rings. The molecule has 1 heterocycles. The molecule has 98 valence electrons. The second-order valence-corrected chi connectivity index (χ2v) is 5.86. The van der Waals surface area contributed by atoms with Gasteiger partial charge in [0.2, 0.25) is 5.95 Å². The minimum absolute atomic E-state index is 0.365. The van der Waals surface area contributed by atoms with Crippen molar-refractivity contribution in [1.82, 2.24) is 9.55 Å². The number of rotatable bonds is 3. The molecule has 0 amide bonds.